The first kappa shape index (κ1) is 13.4. The highest BCUT2D eigenvalue weighted by Crippen LogP contribution is 2.42. The van der Waals surface area contributed by atoms with Crippen molar-refractivity contribution in [1.82, 2.24) is 4.90 Å². The maximum Gasteiger partial charge on any atom is 0.0362 e. The third-order valence-electron chi connectivity index (χ3n) is 4.11. The summed E-state index contributed by atoms with van der Waals surface area (Å²) in [4.78, 5) is 2.74. The Morgan fingerprint density at radius 2 is 1.88 bits per heavy atom. The van der Waals surface area contributed by atoms with E-state index in [1.165, 1.54) is 48.7 Å². The molecular weight excluding hydrogens is 298 g/mol. The van der Waals surface area contributed by atoms with E-state index in [1.54, 1.807) is 0 Å². The Kier molecular flexibility index (Phi) is 4.51. The Hall–Kier alpha value is -0.0500. The van der Waals surface area contributed by atoms with Gasteiger partial charge >= 0.3 is 0 Å². The third kappa shape index (κ3) is 2.54. The highest BCUT2D eigenvalue weighted by atomic mass is 79.9. The molecule has 2 fully saturated rings. The van der Waals surface area contributed by atoms with Gasteiger partial charge in [0.1, 0.15) is 0 Å². The number of fused-ring (bicyclic) bond motifs is 1. The molecule has 0 radical (unpaired) electrons. The normalized spacial score (nSPS) is 28.5. The minimum Gasteiger partial charge on any atom is -0.293 e. The summed E-state index contributed by atoms with van der Waals surface area (Å²) in [5, 5.41) is 0. The number of piperidine rings is 1. The number of halogens is 2. The molecule has 0 unspecified atom stereocenters. The molecule has 0 amide bonds. The average Bonchev–Trinajstić information content (AvgIpc) is 2.74. The van der Waals surface area contributed by atoms with Crippen LogP contribution in [0.3, 0.4) is 0 Å². The number of nitrogens with zero attached hydrogens (tertiary/aromatic N) is 1. The van der Waals surface area contributed by atoms with Crippen LogP contribution in [0.2, 0.25) is 0 Å². The van der Waals surface area contributed by atoms with Crippen molar-refractivity contribution in [3.8, 4) is 0 Å². The van der Waals surface area contributed by atoms with E-state index in [1.807, 2.05) is 0 Å². The van der Waals surface area contributed by atoms with Gasteiger partial charge < -0.3 is 0 Å². The van der Waals surface area contributed by atoms with Crippen molar-refractivity contribution in [2.45, 2.75) is 44.2 Å². The lowest BCUT2D eigenvalue weighted by molar-refractivity contribution is 0.149. The first-order chi connectivity index (χ1) is 7.86. The molecule has 2 atom stereocenters. The zero-order chi connectivity index (χ0) is 11.0. The van der Waals surface area contributed by atoms with Crippen LogP contribution in [-0.2, 0) is 0 Å². The molecule has 94 valence electrons. The zero-order valence-corrected chi connectivity index (χ0v) is 12.3. The first-order valence-electron chi connectivity index (χ1n) is 6.36. The van der Waals surface area contributed by atoms with Gasteiger partial charge in [0.2, 0.25) is 0 Å². The van der Waals surface area contributed by atoms with Crippen LogP contribution < -0.4 is 0 Å². The smallest absolute Gasteiger partial charge is 0.0362 e. The molecule has 1 aromatic rings. The van der Waals surface area contributed by atoms with Crippen molar-refractivity contribution >= 4 is 28.3 Å². The van der Waals surface area contributed by atoms with E-state index in [0.29, 0.717) is 6.04 Å². The fourth-order valence-electron chi connectivity index (χ4n) is 3.34. The molecule has 3 rings (SSSR count). The summed E-state index contributed by atoms with van der Waals surface area (Å²) >= 11 is 3.70. The largest absolute Gasteiger partial charge is 0.293 e. The van der Waals surface area contributed by atoms with E-state index in [-0.39, 0.29) is 12.4 Å². The van der Waals surface area contributed by atoms with Crippen LogP contribution in [0.15, 0.2) is 28.7 Å². The lowest BCUT2D eigenvalue weighted by Crippen LogP contribution is -2.35. The van der Waals surface area contributed by atoms with Crippen molar-refractivity contribution in [2.75, 3.05) is 6.54 Å². The van der Waals surface area contributed by atoms with Gasteiger partial charge in [-0.25, -0.2) is 0 Å². The summed E-state index contributed by atoms with van der Waals surface area (Å²) in [6, 6.07) is 10.3. The molecule has 0 N–H and O–H groups in total. The predicted molar refractivity (Wildman–Crippen MR) is 77.7 cm³/mol. The molecule has 17 heavy (non-hydrogen) atoms. The van der Waals surface area contributed by atoms with Crippen LogP contribution in [0, 0.1) is 0 Å². The van der Waals surface area contributed by atoms with E-state index in [2.05, 4.69) is 45.1 Å². The molecular formula is C14H19BrClN. The van der Waals surface area contributed by atoms with Crippen molar-refractivity contribution < 1.29 is 0 Å². The Morgan fingerprint density at radius 1 is 1.06 bits per heavy atom. The third-order valence-corrected chi connectivity index (χ3v) is 4.83. The van der Waals surface area contributed by atoms with Crippen LogP contribution in [0.4, 0.5) is 0 Å². The molecule has 0 aliphatic carbocycles. The Bertz CT molecular complexity index is 382. The molecule has 2 heterocycles. The Labute approximate surface area is 118 Å². The topological polar surface area (TPSA) is 3.24 Å². The Morgan fingerprint density at radius 3 is 2.71 bits per heavy atom. The maximum atomic E-state index is 3.70. The van der Waals surface area contributed by atoms with E-state index < -0.39 is 0 Å². The lowest BCUT2D eigenvalue weighted by atomic mass is 10.0. The number of hydrogen-bond donors (Lipinski definition) is 0. The SMILES string of the molecule is Brc1ccccc1[C@@H]1CC[C@@H]2CCCCN21.Cl. The van der Waals surface area contributed by atoms with Gasteiger partial charge in [0.15, 0.2) is 0 Å². The molecule has 0 bridgehead atoms. The second-order valence-corrected chi connectivity index (χ2v) is 5.86. The van der Waals surface area contributed by atoms with Crippen molar-refractivity contribution in [3.05, 3.63) is 34.3 Å². The molecule has 2 saturated heterocycles. The zero-order valence-electron chi connectivity index (χ0n) is 9.94. The second kappa shape index (κ2) is 5.73. The molecule has 1 aromatic carbocycles. The average molecular weight is 317 g/mol. The van der Waals surface area contributed by atoms with E-state index in [9.17, 15) is 0 Å². The monoisotopic (exact) mass is 315 g/mol. The van der Waals surface area contributed by atoms with Crippen molar-refractivity contribution in [1.29, 1.82) is 0 Å². The van der Waals surface area contributed by atoms with Crippen LogP contribution in [0.5, 0.6) is 0 Å². The van der Waals surface area contributed by atoms with Gasteiger partial charge in [-0.1, -0.05) is 40.5 Å². The molecule has 0 spiro atoms. The quantitative estimate of drug-likeness (QED) is 0.734. The fourth-order valence-corrected chi connectivity index (χ4v) is 3.89. The number of benzene rings is 1. The molecule has 2 aliphatic rings. The molecule has 3 heteroatoms. The van der Waals surface area contributed by atoms with Gasteiger partial charge in [0.25, 0.3) is 0 Å². The Balaban J connectivity index is 0.00000108. The van der Waals surface area contributed by atoms with Gasteiger partial charge in [-0.05, 0) is 43.9 Å². The van der Waals surface area contributed by atoms with E-state index in [0.717, 1.165) is 6.04 Å². The standard InChI is InChI=1S/C14H18BrN.ClH/c15-13-7-2-1-6-12(13)14-9-8-11-5-3-4-10-16(11)14;/h1-2,6-7,11,14H,3-5,8-10H2;1H/t11-,14-;/m0./s1. The van der Waals surface area contributed by atoms with Crippen LogP contribution >= 0.6 is 28.3 Å². The summed E-state index contributed by atoms with van der Waals surface area (Å²) < 4.78 is 1.28. The van der Waals surface area contributed by atoms with Gasteiger partial charge in [-0.3, -0.25) is 4.90 Å². The van der Waals surface area contributed by atoms with Crippen LogP contribution in [0.25, 0.3) is 0 Å². The lowest BCUT2D eigenvalue weighted by Gasteiger charge is -2.34. The van der Waals surface area contributed by atoms with Crippen LogP contribution in [-0.4, -0.2) is 17.5 Å². The van der Waals surface area contributed by atoms with Crippen molar-refractivity contribution in [2.24, 2.45) is 0 Å². The van der Waals surface area contributed by atoms with Gasteiger partial charge in [-0.15, -0.1) is 12.4 Å². The summed E-state index contributed by atoms with van der Waals surface area (Å²) in [5.41, 5.74) is 1.49. The number of hydrogen-bond acceptors (Lipinski definition) is 1. The van der Waals surface area contributed by atoms with E-state index >= 15 is 0 Å². The molecule has 1 nitrogen and oxygen atoms in total. The minimum absolute atomic E-state index is 0. The molecule has 0 aromatic heterocycles. The first-order valence-corrected chi connectivity index (χ1v) is 7.16. The van der Waals surface area contributed by atoms with Gasteiger partial charge in [0.05, 0.1) is 0 Å². The highest BCUT2D eigenvalue weighted by Gasteiger charge is 2.35. The highest BCUT2D eigenvalue weighted by molar-refractivity contribution is 9.10. The van der Waals surface area contributed by atoms with Gasteiger partial charge in [-0.2, -0.15) is 0 Å². The fraction of sp³-hybridized carbons (Fsp3) is 0.571. The van der Waals surface area contributed by atoms with Crippen LogP contribution in [0.1, 0.15) is 43.7 Å². The minimum atomic E-state index is 0. The number of rotatable bonds is 1. The van der Waals surface area contributed by atoms with Gasteiger partial charge in [0, 0.05) is 16.6 Å². The second-order valence-electron chi connectivity index (χ2n) is 5.00. The summed E-state index contributed by atoms with van der Waals surface area (Å²) in [6.45, 7) is 1.30. The molecule has 0 saturated carbocycles. The maximum absolute atomic E-state index is 3.70. The van der Waals surface area contributed by atoms with E-state index in [4.69, 9.17) is 0 Å². The summed E-state index contributed by atoms with van der Waals surface area (Å²) in [7, 11) is 0. The summed E-state index contributed by atoms with van der Waals surface area (Å²) in [6.07, 6.45) is 6.97. The van der Waals surface area contributed by atoms with Crippen molar-refractivity contribution in [3.63, 3.8) is 0 Å². The predicted octanol–water partition coefficient (Wildman–Crippen LogP) is 4.56. The summed E-state index contributed by atoms with van der Waals surface area (Å²) in [5.74, 6) is 0. The molecule has 2 aliphatic heterocycles.